The lowest BCUT2D eigenvalue weighted by Gasteiger charge is -2.15. The molecule has 3 rings (SSSR count). The molecule has 20 heavy (non-hydrogen) atoms. The summed E-state index contributed by atoms with van der Waals surface area (Å²) in [7, 11) is 0. The van der Waals surface area contributed by atoms with Gasteiger partial charge in [-0.15, -0.1) is 0 Å². The first-order chi connectivity index (χ1) is 9.57. The second-order valence-corrected chi connectivity index (χ2v) is 5.11. The van der Waals surface area contributed by atoms with Gasteiger partial charge in [0, 0.05) is 13.0 Å². The molecule has 2 nitrogen and oxygen atoms in total. The van der Waals surface area contributed by atoms with E-state index in [1.165, 1.54) is 0 Å². The van der Waals surface area contributed by atoms with Crippen molar-refractivity contribution < 1.29 is 13.5 Å². The number of hydrogen-bond acceptors (Lipinski definition) is 2. The van der Waals surface area contributed by atoms with E-state index in [-0.39, 0.29) is 13.0 Å². The topological polar surface area (TPSA) is 35.2 Å². The molecule has 0 radical (unpaired) electrons. The summed E-state index contributed by atoms with van der Waals surface area (Å²) in [6, 6.07) is 16.1. The minimum atomic E-state index is -2.69. The Morgan fingerprint density at radius 1 is 0.950 bits per heavy atom. The number of nitrogens with two attached hydrogens (primary N) is 1. The van der Waals surface area contributed by atoms with Crippen LogP contribution in [0.5, 0.6) is 11.5 Å². The number of ether oxygens (including phenoxy) is 1. The lowest BCUT2D eigenvalue weighted by atomic mass is 9.95. The van der Waals surface area contributed by atoms with Crippen molar-refractivity contribution in [2.24, 2.45) is 5.73 Å². The highest BCUT2D eigenvalue weighted by Crippen LogP contribution is 2.60. The van der Waals surface area contributed by atoms with Crippen LogP contribution in [0.2, 0.25) is 0 Å². The van der Waals surface area contributed by atoms with Gasteiger partial charge in [-0.3, -0.25) is 0 Å². The molecule has 0 aliphatic heterocycles. The predicted octanol–water partition coefficient (Wildman–Crippen LogP) is 3.71. The Morgan fingerprint density at radius 2 is 1.50 bits per heavy atom. The van der Waals surface area contributed by atoms with Crippen molar-refractivity contribution in [1.82, 2.24) is 0 Å². The quantitative estimate of drug-likeness (QED) is 0.923. The first kappa shape index (κ1) is 13.1. The third kappa shape index (κ3) is 2.06. The van der Waals surface area contributed by atoms with E-state index in [1.54, 1.807) is 24.3 Å². The fraction of sp³-hybridized carbons (Fsp3) is 0.250. The summed E-state index contributed by atoms with van der Waals surface area (Å²) in [5, 5.41) is 0. The summed E-state index contributed by atoms with van der Waals surface area (Å²) in [5.41, 5.74) is 4.92. The third-order valence-corrected chi connectivity index (χ3v) is 3.83. The van der Waals surface area contributed by atoms with E-state index in [0.717, 1.165) is 0 Å². The molecule has 0 amide bonds. The minimum Gasteiger partial charge on any atom is -0.457 e. The molecule has 0 saturated heterocycles. The Morgan fingerprint density at radius 3 is 2.00 bits per heavy atom. The number of para-hydroxylation sites is 1. The molecule has 2 N–H and O–H groups in total. The van der Waals surface area contributed by atoms with Gasteiger partial charge < -0.3 is 10.5 Å². The van der Waals surface area contributed by atoms with Gasteiger partial charge in [-0.25, -0.2) is 8.78 Å². The molecule has 0 bridgehead atoms. The van der Waals surface area contributed by atoms with Gasteiger partial charge in [0.05, 0.1) is 5.41 Å². The summed E-state index contributed by atoms with van der Waals surface area (Å²) in [4.78, 5) is 0. The maximum atomic E-state index is 13.5. The summed E-state index contributed by atoms with van der Waals surface area (Å²) < 4.78 is 32.6. The van der Waals surface area contributed by atoms with E-state index in [9.17, 15) is 8.78 Å². The molecule has 1 aliphatic carbocycles. The average Bonchev–Trinajstić information content (AvgIpc) is 3.04. The fourth-order valence-corrected chi connectivity index (χ4v) is 2.45. The smallest absolute Gasteiger partial charge is 0.260 e. The number of alkyl halides is 2. The average molecular weight is 275 g/mol. The van der Waals surface area contributed by atoms with E-state index in [1.807, 2.05) is 30.3 Å². The van der Waals surface area contributed by atoms with Gasteiger partial charge in [-0.05, 0) is 29.8 Å². The monoisotopic (exact) mass is 275 g/mol. The normalized spacial score (nSPS) is 23.4. The Bertz CT molecular complexity index is 598. The maximum absolute atomic E-state index is 13.5. The van der Waals surface area contributed by atoms with Crippen LogP contribution in [0.4, 0.5) is 8.78 Å². The molecule has 104 valence electrons. The van der Waals surface area contributed by atoms with Crippen molar-refractivity contribution in [1.29, 1.82) is 0 Å². The van der Waals surface area contributed by atoms with Crippen LogP contribution in [0.25, 0.3) is 0 Å². The van der Waals surface area contributed by atoms with Crippen LogP contribution in [0.1, 0.15) is 12.0 Å². The lowest BCUT2D eigenvalue weighted by molar-refractivity contribution is 0.0896. The zero-order valence-corrected chi connectivity index (χ0v) is 10.9. The van der Waals surface area contributed by atoms with E-state index in [2.05, 4.69) is 0 Å². The van der Waals surface area contributed by atoms with Gasteiger partial charge in [-0.1, -0.05) is 30.3 Å². The number of benzene rings is 2. The molecule has 0 aromatic heterocycles. The standard InChI is InChI=1S/C16H15F2NO/c17-16(18)10-15(16,11-19)12-6-8-14(9-7-12)20-13-4-2-1-3-5-13/h1-9H,10-11,19H2. The number of hydrogen-bond donors (Lipinski definition) is 1. The molecule has 1 unspecified atom stereocenters. The number of halogens is 2. The molecule has 1 aliphatic rings. The predicted molar refractivity (Wildman–Crippen MR) is 73.3 cm³/mol. The summed E-state index contributed by atoms with van der Waals surface area (Å²) in [6.45, 7) is -0.0428. The SMILES string of the molecule is NCC1(c2ccc(Oc3ccccc3)cc2)CC1(F)F. The van der Waals surface area contributed by atoms with Crippen molar-refractivity contribution in [2.75, 3.05) is 6.54 Å². The van der Waals surface area contributed by atoms with E-state index < -0.39 is 11.3 Å². The Balaban J connectivity index is 1.79. The van der Waals surface area contributed by atoms with Gasteiger partial charge in [-0.2, -0.15) is 0 Å². The zero-order chi connectivity index (χ0) is 14.2. The first-order valence-electron chi connectivity index (χ1n) is 6.49. The van der Waals surface area contributed by atoms with Gasteiger partial charge >= 0.3 is 0 Å². The van der Waals surface area contributed by atoms with Crippen LogP contribution in [0.15, 0.2) is 54.6 Å². The Hall–Kier alpha value is -1.94. The highest BCUT2D eigenvalue weighted by Gasteiger charge is 2.70. The minimum absolute atomic E-state index is 0.0428. The zero-order valence-electron chi connectivity index (χ0n) is 10.9. The van der Waals surface area contributed by atoms with E-state index in [4.69, 9.17) is 10.5 Å². The third-order valence-electron chi connectivity index (χ3n) is 3.83. The molecule has 4 heteroatoms. The molecule has 1 fully saturated rings. The Labute approximate surface area is 116 Å². The second-order valence-electron chi connectivity index (χ2n) is 5.11. The fourth-order valence-electron chi connectivity index (χ4n) is 2.45. The van der Waals surface area contributed by atoms with E-state index in [0.29, 0.717) is 17.1 Å². The Kier molecular flexibility index (Phi) is 2.98. The van der Waals surface area contributed by atoms with E-state index >= 15 is 0 Å². The molecule has 0 spiro atoms. The van der Waals surface area contributed by atoms with Crippen molar-refractivity contribution in [3.63, 3.8) is 0 Å². The van der Waals surface area contributed by atoms with Gasteiger partial charge in [0.1, 0.15) is 11.5 Å². The first-order valence-corrected chi connectivity index (χ1v) is 6.49. The molecule has 1 atom stereocenters. The number of rotatable bonds is 4. The summed E-state index contributed by atoms with van der Waals surface area (Å²) in [5.74, 6) is -1.36. The molecule has 1 saturated carbocycles. The van der Waals surface area contributed by atoms with Crippen LogP contribution in [-0.4, -0.2) is 12.5 Å². The van der Waals surface area contributed by atoms with Crippen molar-refractivity contribution in [2.45, 2.75) is 17.8 Å². The van der Waals surface area contributed by atoms with Crippen LogP contribution in [0, 0.1) is 0 Å². The van der Waals surface area contributed by atoms with Gasteiger partial charge in [0.2, 0.25) is 0 Å². The highest BCUT2D eigenvalue weighted by atomic mass is 19.3. The van der Waals surface area contributed by atoms with Crippen LogP contribution >= 0.6 is 0 Å². The highest BCUT2D eigenvalue weighted by molar-refractivity contribution is 5.42. The molecular formula is C16H15F2NO. The van der Waals surface area contributed by atoms with Crippen molar-refractivity contribution in [3.05, 3.63) is 60.2 Å². The molecule has 2 aromatic carbocycles. The lowest BCUT2D eigenvalue weighted by Crippen LogP contribution is -2.26. The molecule has 0 heterocycles. The maximum Gasteiger partial charge on any atom is 0.260 e. The molecule has 2 aromatic rings. The van der Waals surface area contributed by atoms with Crippen LogP contribution in [-0.2, 0) is 5.41 Å². The summed E-state index contributed by atoms with van der Waals surface area (Å²) in [6.07, 6.45) is -0.171. The van der Waals surface area contributed by atoms with Gasteiger partial charge in [0.25, 0.3) is 5.92 Å². The summed E-state index contributed by atoms with van der Waals surface area (Å²) >= 11 is 0. The van der Waals surface area contributed by atoms with Crippen molar-refractivity contribution >= 4 is 0 Å². The molecular weight excluding hydrogens is 260 g/mol. The van der Waals surface area contributed by atoms with Crippen molar-refractivity contribution in [3.8, 4) is 11.5 Å². The van der Waals surface area contributed by atoms with Gasteiger partial charge in [0.15, 0.2) is 0 Å². The van der Waals surface area contributed by atoms with Crippen LogP contribution < -0.4 is 10.5 Å². The second kappa shape index (κ2) is 4.56. The largest absolute Gasteiger partial charge is 0.457 e. The van der Waals surface area contributed by atoms with Crippen LogP contribution in [0.3, 0.4) is 0 Å².